The predicted molar refractivity (Wildman–Crippen MR) is 59.0 cm³/mol. The molecule has 2 atom stereocenters. The van der Waals surface area contributed by atoms with Crippen molar-refractivity contribution in [2.75, 3.05) is 5.88 Å². The van der Waals surface area contributed by atoms with Gasteiger partial charge < -0.3 is 10.4 Å². The summed E-state index contributed by atoms with van der Waals surface area (Å²) in [4.78, 5) is 22.2. The van der Waals surface area contributed by atoms with Crippen LogP contribution in [0.15, 0.2) is 0 Å². The van der Waals surface area contributed by atoms with Gasteiger partial charge in [-0.05, 0) is 12.3 Å². The van der Waals surface area contributed by atoms with E-state index in [0.29, 0.717) is 18.7 Å². The van der Waals surface area contributed by atoms with Crippen LogP contribution in [0.3, 0.4) is 0 Å². The molecule has 0 saturated heterocycles. The number of carboxylic acid groups (broad SMARTS) is 1. The summed E-state index contributed by atoms with van der Waals surface area (Å²) >= 11 is 5.44. The number of rotatable bonds is 7. The van der Waals surface area contributed by atoms with Gasteiger partial charge >= 0.3 is 5.97 Å². The standard InChI is InChI=1S/C10H18ClNO3/c1-3-7(2)9(10(14)15)12-8(13)5-4-6-11/h7,9H,3-6H2,1-2H3,(H,12,13)(H,14,15). The largest absolute Gasteiger partial charge is 0.480 e. The zero-order valence-electron chi connectivity index (χ0n) is 9.12. The number of carboxylic acids is 1. The molecule has 0 fully saturated rings. The maximum atomic E-state index is 11.3. The molecule has 0 aliphatic carbocycles. The normalized spacial score (nSPS) is 14.3. The van der Waals surface area contributed by atoms with E-state index in [9.17, 15) is 9.59 Å². The number of nitrogens with one attached hydrogen (secondary N) is 1. The maximum absolute atomic E-state index is 11.3. The minimum atomic E-state index is -0.983. The van der Waals surface area contributed by atoms with Gasteiger partial charge in [0.1, 0.15) is 6.04 Å². The molecule has 88 valence electrons. The molecule has 0 bridgehead atoms. The Morgan fingerprint density at radius 2 is 2.07 bits per heavy atom. The molecule has 2 unspecified atom stereocenters. The molecule has 5 heteroatoms. The highest BCUT2D eigenvalue weighted by molar-refractivity contribution is 6.17. The van der Waals surface area contributed by atoms with Crippen molar-refractivity contribution in [2.24, 2.45) is 5.92 Å². The third kappa shape index (κ3) is 5.62. The molecule has 4 nitrogen and oxygen atoms in total. The summed E-state index contributed by atoms with van der Waals surface area (Å²) in [5, 5.41) is 11.4. The van der Waals surface area contributed by atoms with Crippen molar-refractivity contribution in [2.45, 2.75) is 39.2 Å². The second-order valence-corrected chi connectivity index (χ2v) is 3.94. The monoisotopic (exact) mass is 235 g/mol. The van der Waals surface area contributed by atoms with Gasteiger partial charge in [-0.3, -0.25) is 4.79 Å². The van der Waals surface area contributed by atoms with E-state index in [1.54, 1.807) is 6.92 Å². The first kappa shape index (κ1) is 14.2. The van der Waals surface area contributed by atoms with E-state index in [1.807, 2.05) is 6.92 Å². The van der Waals surface area contributed by atoms with Crippen molar-refractivity contribution in [3.8, 4) is 0 Å². The van der Waals surface area contributed by atoms with Gasteiger partial charge in [-0.25, -0.2) is 4.79 Å². The van der Waals surface area contributed by atoms with Crippen LogP contribution in [-0.2, 0) is 9.59 Å². The zero-order chi connectivity index (χ0) is 11.8. The summed E-state index contributed by atoms with van der Waals surface area (Å²) in [6, 6.07) is -0.794. The second kappa shape index (κ2) is 7.51. The Bertz CT molecular complexity index is 221. The van der Waals surface area contributed by atoms with Crippen LogP contribution >= 0.6 is 11.6 Å². The molecule has 0 aromatic carbocycles. The Labute approximate surface area is 95.0 Å². The van der Waals surface area contributed by atoms with Gasteiger partial charge in [-0.1, -0.05) is 20.3 Å². The minimum Gasteiger partial charge on any atom is -0.480 e. The summed E-state index contributed by atoms with van der Waals surface area (Å²) < 4.78 is 0. The maximum Gasteiger partial charge on any atom is 0.326 e. The molecule has 0 heterocycles. The van der Waals surface area contributed by atoms with E-state index in [4.69, 9.17) is 16.7 Å². The average molecular weight is 236 g/mol. The van der Waals surface area contributed by atoms with E-state index in [-0.39, 0.29) is 18.2 Å². The number of halogens is 1. The summed E-state index contributed by atoms with van der Waals surface area (Å²) in [5.74, 6) is -0.886. The number of aliphatic carboxylic acids is 1. The molecule has 0 rings (SSSR count). The average Bonchev–Trinajstić information content (AvgIpc) is 2.21. The van der Waals surface area contributed by atoms with E-state index < -0.39 is 12.0 Å². The van der Waals surface area contributed by atoms with E-state index in [0.717, 1.165) is 0 Å². The Morgan fingerprint density at radius 3 is 2.47 bits per heavy atom. The van der Waals surface area contributed by atoms with Crippen LogP contribution in [0.1, 0.15) is 33.1 Å². The topological polar surface area (TPSA) is 66.4 Å². The predicted octanol–water partition coefficient (Wildman–Crippen LogP) is 1.62. The molecule has 0 saturated carbocycles. The third-order valence-electron chi connectivity index (χ3n) is 2.33. The van der Waals surface area contributed by atoms with Crippen LogP contribution in [-0.4, -0.2) is 28.9 Å². The smallest absolute Gasteiger partial charge is 0.326 e. The lowest BCUT2D eigenvalue weighted by Gasteiger charge is -2.19. The van der Waals surface area contributed by atoms with Crippen LogP contribution in [0.2, 0.25) is 0 Å². The van der Waals surface area contributed by atoms with Crippen LogP contribution in [0.4, 0.5) is 0 Å². The molecule has 0 aromatic heterocycles. The van der Waals surface area contributed by atoms with Crippen molar-refractivity contribution in [3.63, 3.8) is 0 Å². The highest BCUT2D eigenvalue weighted by atomic mass is 35.5. The molecular weight excluding hydrogens is 218 g/mol. The van der Waals surface area contributed by atoms with Crippen LogP contribution in [0.25, 0.3) is 0 Å². The number of amides is 1. The summed E-state index contributed by atoms with van der Waals surface area (Å²) in [6.45, 7) is 3.70. The molecule has 0 aliphatic heterocycles. The molecule has 0 aromatic rings. The molecule has 0 spiro atoms. The van der Waals surface area contributed by atoms with Gasteiger partial charge in [0.05, 0.1) is 0 Å². The molecule has 0 radical (unpaired) electrons. The molecule has 15 heavy (non-hydrogen) atoms. The fourth-order valence-corrected chi connectivity index (χ4v) is 1.29. The fourth-order valence-electron chi connectivity index (χ4n) is 1.16. The SMILES string of the molecule is CCC(C)C(NC(=O)CCCCl)C(=O)O. The van der Waals surface area contributed by atoms with Crippen molar-refractivity contribution < 1.29 is 14.7 Å². The first-order chi connectivity index (χ1) is 7.02. The Morgan fingerprint density at radius 1 is 1.47 bits per heavy atom. The number of hydrogen-bond donors (Lipinski definition) is 2. The Balaban J connectivity index is 4.16. The Kier molecular flexibility index (Phi) is 7.13. The lowest BCUT2D eigenvalue weighted by atomic mass is 9.99. The number of alkyl halides is 1. The number of carbonyl (C=O) groups excluding carboxylic acids is 1. The first-order valence-electron chi connectivity index (χ1n) is 5.11. The van der Waals surface area contributed by atoms with Gasteiger partial charge in [0, 0.05) is 12.3 Å². The van der Waals surface area contributed by atoms with Crippen molar-refractivity contribution >= 4 is 23.5 Å². The van der Waals surface area contributed by atoms with Crippen molar-refractivity contribution in [3.05, 3.63) is 0 Å². The summed E-state index contributed by atoms with van der Waals surface area (Å²) in [5.41, 5.74) is 0. The number of hydrogen-bond acceptors (Lipinski definition) is 2. The first-order valence-corrected chi connectivity index (χ1v) is 5.64. The second-order valence-electron chi connectivity index (χ2n) is 3.56. The van der Waals surface area contributed by atoms with Gasteiger partial charge in [0.2, 0.25) is 5.91 Å². The van der Waals surface area contributed by atoms with E-state index in [2.05, 4.69) is 5.32 Å². The highest BCUT2D eigenvalue weighted by Gasteiger charge is 2.24. The Hall–Kier alpha value is -0.770. The molecule has 2 N–H and O–H groups in total. The molecular formula is C10H18ClNO3. The molecule has 1 amide bonds. The van der Waals surface area contributed by atoms with Gasteiger partial charge in [0.25, 0.3) is 0 Å². The van der Waals surface area contributed by atoms with E-state index >= 15 is 0 Å². The minimum absolute atomic E-state index is 0.0672. The van der Waals surface area contributed by atoms with Gasteiger partial charge in [-0.2, -0.15) is 0 Å². The summed E-state index contributed by atoms with van der Waals surface area (Å²) in [7, 11) is 0. The van der Waals surface area contributed by atoms with Gasteiger partial charge in [-0.15, -0.1) is 11.6 Å². The summed E-state index contributed by atoms with van der Waals surface area (Å²) in [6.07, 6.45) is 1.57. The van der Waals surface area contributed by atoms with E-state index in [1.165, 1.54) is 0 Å². The zero-order valence-corrected chi connectivity index (χ0v) is 9.88. The quantitative estimate of drug-likeness (QED) is 0.659. The molecule has 0 aliphatic rings. The fraction of sp³-hybridized carbons (Fsp3) is 0.800. The number of carbonyl (C=O) groups is 2. The highest BCUT2D eigenvalue weighted by Crippen LogP contribution is 2.08. The van der Waals surface area contributed by atoms with Crippen LogP contribution < -0.4 is 5.32 Å². The third-order valence-corrected chi connectivity index (χ3v) is 2.60. The van der Waals surface area contributed by atoms with Crippen molar-refractivity contribution in [1.82, 2.24) is 5.32 Å². The van der Waals surface area contributed by atoms with Crippen LogP contribution in [0, 0.1) is 5.92 Å². The lowest BCUT2D eigenvalue weighted by molar-refractivity contribution is -0.143. The van der Waals surface area contributed by atoms with Crippen LogP contribution in [0.5, 0.6) is 0 Å². The lowest BCUT2D eigenvalue weighted by Crippen LogP contribution is -2.44. The van der Waals surface area contributed by atoms with Gasteiger partial charge in [0.15, 0.2) is 0 Å². The van der Waals surface area contributed by atoms with Crippen molar-refractivity contribution in [1.29, 1.82) is 0 Å².